The zero-order chi connectivity index (χ0) is 27.3. The SMILES string of the molecule is Cc1c(NC(=O)COc2ccc(Cl)cc2C(=O)c2cc(Cl)cc(C#N)c2)ccc(C#CC(C)(C)N)c1F. The van der Waals surface area contributed by atoms with Crippen molar-refractivity contribution in [2.75, 3.05) is 11.9 Å². The molecule has 0 fully saturated rings. The van der Waals surface area contributed by atoms with Gasteiger partial charge in [0.1, 0.15) is 11.6 Å². The van der Waals surface area contributed by atoms with Gasteiger partial charge in [0.15, 0.2) is 12.4 Å². The van der Waals surface area contributed by atoms with Gasteiger partial charge in [-0.15, -0.1) is 0 Å². The predicted octanol–water partition coefficient (Wildman–Crippen LogP) is 5.65. The van der Waals surface area contributed by atoms with Crippen molar-refractivity contribution >= 4 is 40.6 Å². The Labute approximate surface area is 224 Å². The van der Waals surface area contributed by atoms with Crippen LogP contribution in [0.15, 0.2) is 48.5 Å². The van der Waals surface area contributed by atoms with Gasteiger partial charge in [-0.25, -0.2) is 4.39 Å². The normalized spacial score (nSPS) is 10.6. The standard InChI is InChI=1S/C28H22Cl2FN3O3/c1-16-23(6-4-18(26(16)31)8-9-28(2,3)33)34-25(35)15-37-24-7-5-20(29)13-22(24)27(36)19-10-17(14-32)11-21(30)12-19/h4-7,10-13H,15,33H2,1-3H3,(H,34,35). The van der Waals surface area contributed by atoms with Gasteiger partial charge in [0, 0.05) is 26.9 Å². The molecule has 3 rings (SSSR count). The lowest BCUT2D eigenvalue weighted by atomic mass is 10.0. The summed E-state index contributed by atoms with van der Waals surface area (Å²) in [5.74, 6) is 3.93. The zero-order valence-corrected chi connectivity index (χ0v) is 21.7. The van der Waals surface area contributed by atoms with Crippen molar-refractivity contribution in [2.45, 2.75) is 26.3 Å². The highest BCUT2D eigenvalue weighted by molar-refractivity contribution is 6.32. The summed E-state index contributed by atoms with van der Waals surface area (Å²) < 4.78 is 20.4. The van der Waals surface area contributed by atoms with Crippen LogP contribution < -0.4 is 15.8 Å². The van der Waals surface area contributed by atoms with Crippen molar-refractivity contribution in [3.8, 4) is 23.7 Å². The predicted molar refractivity (Wildman–Crippen MR) is 141 cm³/mol. The minimum atomic E-state index is -0.780. The number of amides is 1. The lowest BCUT2D eigenvalue weighted by Gasteiger charge is -2.13. The van der Waals surface area contributed by atoms with Crippen molar-refractivity contribution in [1.29, 1.82) is 5.26 Å². The first-order chi connectivity index (χ1) is 17.4. The number of anilines is 1. The molecule has 1 amide bonds. The highest BCUT2D eigenvalue weighted by atomic mass is 35.5. The Balaban J connectivity index is 1.78. The van der Waals surface area contributed by atoms with Crippen LogP contribution in [0, 0.1) is 35.9 Å². The summed E-state index contributed by atoms with van der Waals surface area (Å²) in [5, 5.41) is 12.3. The molecule has 0 aliphatic heterocycles. The topological polar surface area (TPSA) is 105 Å². The van der Waals surface area contributed by atoms with Crippen LogP contribution in [-0.4, -0.2) is 23.8 Å². The number of ether oxygens (including phenoxy) is 1. The number of ketones is 1. The summed E-state index contributed by atoms with van der Waals surface area (Å²) >= 11 is 12.1. The molecule has 3 aromatic carbocycles. The minimum Gasteiger partial charge on any atom is -0.483 e. The second-order valence-electron chi connectivity index (χ2n) is 8.72. The first-order valence-corrected chi connectivity index (χ1v) is 11.7. The Bertz CT molecular complexity index is 1500. The fourth-order valence-corrected chi connectivity index (χ4v) is 3.63. The number of carbonyl (C=O) groups excluding carboxylic acids is 2. The molecule has 37 heavy (non-hydrogen) atoms. The van der Waals surface area contributed by atoms with E-state index in [0.29, 0.717) is 0 Å². The van der Waals surface area contributed by atoms with Crippen LogP contribution in [0.25, 0.3) is 0 Å². The van der Waals surface area contributed by atoms with Gasteiger partial charge in [0.2, 0.25) is 0 Å². The number of hydrogen-bond donors (Lipinski definition) is 2. The number of halogens is 3. The van der Waals surface area contributed by atoms with Crippen molar-refractivity contribution in [3.63, 3.8) is 0 Å². The third-order valence-corrected chi connectivity index (χ3v) is 5.47. The number of nitrogens with one attached hydrogen (secondary N) is 1. The van der Waals surface area contributed by atoms with Crippen LogP contribution in [0.3, 0.4) is 0 Å². The Morgan fingerprint density at radius 3 is 2.51 bits per heavy atom. The smallest absolute Gasteiger partial charge is 0.262 e. The average molecular weight is 538 g/mol. The van der Waals surface area contributed by atoms with Crippen LogP contribution in [0.1, 0.15) is 46.5 Å². The van der Waals surface area contributed by atoms with Gasteiger partial charge in [-0.2, -0.15) is 5.26 Å². The van der Waals surface area contributed by atoms with Crippen molar-refractivity contribution in [2.24, 2.45) is 5.73 Å². The molecule has 3 N–H and O–H groups in total. The molecule has 0 aliphatic carbocycles. The van der Waals surface area contributed by atoms with Crippen LogP contribution in [0.4, 0.5) is 10.1 Å². The molecule has 0 aromatic heterocycles. The van der Waals surface area contributed by atoms with Gasteiger partial charge < -0.3 is 15.8 Å². The van der Waals surface area contributed by atoms with E-state index in [2.05, 4.69) is 17.2 Å². The highest BCUT2D eigenvalue weighted by Gasteiger charge is 2.19. The van der Waals surface area contributed by atoms with Gasteiger partial charge in [0.05, 0.1) is 28.3 Å². The minimum absolute atomic E-state index is 0.0828. The molecule has 0 aliphatic rings. The summed E-state index contributed by atoms with van der Waals surface area (Å²) in [5.41, 5.74) is 6.11. The molecule has 0 atom stereocenters. The van der Waals surface area contributed by atoms with Crippen molar-refractivity contribution in [1.82, 2.24) is 0 Å². The van der Waals surface area contributed by atoms with Crippen molar-refractivity contribution in [3.05, 3.63) is 92.2 Å². The Morgan fingerprint density at radius 1 is 1.11 bits per heavy atom. The second kappa shape index (κ2) is 11.5. The van der Waals surface area contributed by atoms with Crippen LogP contribution in [0.2, 0.25) is 10.0 Å². The van der Waals surface area contributed by atoms with Gasteiger partial charge in [-0.1, -0.05) is 35.0 Å². The first kappa shape index (κ1) is 27.7. The molecule has 9 heteroatoms. The maximum absolute atomic E-state index is 14.8. The first-order valence-electron chi connectivity index (χ1n) is 11.0. The fourth-order valence-electron chi connectivity index (χ4n) is 3.22. The average Bonchev–Trinajstić information content (AvgIpc) is 2.84. The summed E-state index contributed by atoms with van der Waals surface area (Å²) in [6, 6.07) is 13.5. The van der Waals surface area contributed by atoms with E-state index >= 15 is 0 Å². The second-order valence-corrected chi connectivity index (χ2v) is 9.59. The third kappa shape index (κ3) is 7.31. The number of nitriles is 1. The molecule has 0 radical (unpaired) electrons. The van der Waals surface area contributed by atoms with E-state index in [1.165, 1.54) is 55.5 Å². The monoisotopic (exact) mass is 537 g/mol. The van der Waals surface area contributed by atoms with E-state index < -0.39 is 29.7 Å². The molecular weight excluding hydrogens is 516 g/mol. The van der Waals surface area contributed by atoms with E-state index in [4.69, 9.17) is 38.9 Å². The molecule has 0 bridgehead atoms. The molecule has 3 aromatic rings. The number of carbonyl (C=O) groups is 2. The Kier molecular flexibility index (Phi) is 8.57. The summed E-state index contributed by atoms with van der Waals surface area (Å²) in [7, 11) is 0. The van der Waals surface area contributed by atoms with Crippen LogP contribution >= 0.6 is 23.2 Å². The molecule has 0 heterocycles. The maximum Gasteiger partial charge on any atom is 0.262 e. The number of nitrogens with zero attached hydrogens (tertiary/aromatic N) is 1. The molecule has 0 saturated heterocycles. The van der Waals surface area contributed by atoms with E-state index in [1.807, 2.05) is 6.07 Å². The summed E-state index contributed by atoms with van der Waals surface area (Å²) in [4.78, 5) is 25.7. The van der Waals surface area contributed by atoms with Gasteiger partial charge in [-0.3, -0.25) is 9.59 Å². The quantitative estimate of drug-likeness (QED) is 0.312. The van der Waals surface area contributed by atoms with E-state index in [0.717, 1.165) is 0 Å². The van der Waals surface area contributed by atoms with Crippen molar-refractivity contribution < 1.29 is 18.7 Å². The summed E-state index contributed by atoms with van der Waals surface area (Å²) in [6.45, 7) is 4.46. The Morgan fingerprint density at radius 2 is 1.84 bits per heavy atom. The highest BCUT2D eigenvalue weighted by Crippen LogP contribution is 2.27. The Hall–Kier alpha value is -3.88. The fraction of sp³-hybridized carbons (Fsp3) is 0.179. The van der Waals surface area contributed by atoms with Crippen LogP contribution in [-0.2, 0) is 4.79 Å². The molecule has 0 spiro atoms. The van der Waals surface area contributed by atoms with Gasteiger partial charge in [0.25, 0.3) is 5.91 Å². The maximum atomic E-state index is 14.8. The van der Waals surface area contributed by atoms with Gasteiger partial charge in [-0.05, 0) is 69.3 Å². The molecule has 6 nitrogen and oxygen atoms in total. The third-order valence-electron chi connectivity index (χ3n) is 5.01. The molecule has 188 valence electrons. The molecule has 0 saturated carbocycles. The molecular formula is C28H22Cl2FN3O3. The number of hydrogen-bond acceptors (Lipinski definition) is 5. The van der Waals surface area contributed by atoms with E-state index in [9.17, 15) is 14.0 Å². The lowest BCUT2D eigenvalue weighted by Crippen LogP contribution is -2.29. The largest absolute Gasteiger partial charge is 0.483 e. The zero-order valence-electron chi connectivity index (χ0n) is 20.2. The lowest BCUT2D eigenvalue weighted by molar-refractivity contribution is -0.118. The van der Waals surface area contributed by atoms with E-state index in [-0.39, 0.29) is 49.3 Å². The number of benzene rings is 3. The van der Waals surface area contributed by atoms with Gasteiger partial charge >= 0.3 is 0 Å². The number of nitrogens with two attached hydrogens (primary N) is 1. The van der Waals surface area contributed by atoms with Crippen LogP contribution in [0.5, 0.6) is 5.75 Å². The number of rotatable bonds is 6. The van der Waals surface area contributed by atoms with E-state index in [1.54, 1.807) is 13.8 Å². The molecule has 0 unspecified atom stereocenters. The summed E-state index contributed by atoms with van der Waals surface area (Å²) in [6.07, 6.45) is 0.